The van der Waals surface area contributed by atoms with Gasteiger partial charge in [-0.15, -0.1) is 11.8 Å². The van der Waals surface area contributed by atoms with Gasteiger partial charge in [0.05, 0.1) is 0 Å². The summed E-state index contributed by atoms with van der Waals surface area (Å²) in [6.45, 7) is 5.54. The van der Waals surface area contributed by atoms with Crippen LogP contribution in [-0.2, 0) is 0 Å². The van der Waals surface area contributed by atoms with Crippen molar-refractivity contribution in [3.05, 3.63) is 23.8 Å². The minimum atomic E-state index is 0.522. The summed E-state index contributed by atoms with van der Waals surface area (Å²) in [5.74, 6) is 1.04. The third-order valence-electron chi connectivity index (χ3n) is 3.71. The predicted molar refractivity (Wildman–Crippen MR) is 89.4 cm³/mol. The standard InChI is InChI=1S/C15H22N2S2/c1-3-11-7-6-10-17(11)12-8-5-9-13(19-4-2)14(12)15(16)18/h5,8-9,11H,3-4,6-7,10H2,1-2H3,(H2,16,18). The SMILES string of the molecule is CCSc1cccc(N2CCCC2CC)c1C(N)=S. The van der Waals surface area contributed by atoms with Crippen molar-refractivity contribution in [1.82, 2.24) is 0 Å². The fourth-order valence-electron chi connectivity index (χ4n) is 2.86. The van der Waals surface area contributed by atoms with E-state index in [4.69, 9.17) is 18.0 Å². The molecule has 19 heavy (non-hydrogen) atoms. The molecule has 1 aromatic rings. The molecule has 2 nitrogen and oxygen atoms in total. The summed E-state index contributed by atoms with van der Waals surface area (Å²) >= 11 is 7.12. The van der Waals surface area contributed by atoms with Crippen LogP contribution in [0, 0.1) is 0 Å². The number of thioether (sulfide) groups is 1. The molecule has 1 saturated heterocycles. The second-order valence-corrected chi connectivity index (χ2v) is 6.59. The van der Waals surface area contributed by atoms with Crippen molar-refractivity contribution in [2.24, 2.45) is 5.73 Å². The minimum absolute atomic E-state index is 0.522. The molecule has 1 heterocycles. The van der Waals surface area contributed by atoms with Gasteiger partial charge in [0.2, 0.25) is 0 Å². The number of hydrogen-bond acceptors (Lipinski definition) is 3. The minimum Gasteiger partial charge on any atom is -0.389 e. The fourth-order valence-corrected chi connectivity index (χ4v) is 3.98. The second-order valence-electron chi connectivity index (χ2n) is 4.85. The van der Waals surface area contributed by atoms with Crippen LogP contribution in [0.2, 0.25) is 0 Å². The topological polar surface area (TPSA) is 29.3 Å². The summed E-state index contributed by atoms with van der Waals surface area (Å²) in [6.07, 6.45) is 3.72. The number of thiocarbonyl (C=S) groups is 1. The Hall–Kier alpha value is -0.740. The van der Waals surface area contributed by atoms with Crippen LogP contribution in [0.1, 0.15) is 38.7 Å². The zero-order valence-corrected chi connectivity index (χ0v) is 13.3. The Morgan fingerprint density at radius 2 is 2.26 bits per heavy atom. The van der Waals surface area contributed by atoms with E-state index in [2.05, 4.69) is 36.9 Å². The maximum atomic E-state index is 5.99. The molecule has 0 spiro atoms. The van der Waals surface area contributed by atoms with E-state index in [1.165, 1.54) is 29.8 Å². The van der Waals surface area contributed by atoms with Crippen molar-refractivity contribution in [1.29, 1.82) is 0 Å². The van der Waals surface area contributed by atoms with Crippen LogP contribution in [0.3, 0.4) is 0 Å². The Morgan fingerprint density at radius 1 is 1.47 bits per heavy atom. The van der Waals surface area contributed by atoms with Gasteiger partial charge < -0.3 is 10.6 Å². The maximum absolute atomic E-state index is 5.99. The average Bonchev–Trinajstić information content (AvgIpc) is 2.86. The number of benzene rings is 1. The molecule has 4 heteroatoms. The lowest BCUT2D eigenvalue weighted by Gasteiger charge is -2.29. The molecule has 2 rings (SSSR count). The number of rotatable bonds is 5. The zero-order valence-electron chi connectivity index (χ0n) is 11.7. The van der Waals surface area contributed by atoms with Crippen LogP contribution < -0.4 is 10.6 Å². The van der Waals surface area contributed by atoms with Gasteiger partial charge in [-0.05, 0) is 37.1 Å². The smallest absolute Gasteiger partial charge is 0.107 e. The summed E-state index contributed by atoms with van der Waals surface area (Å²) in [5.41, 5.74) is 8.30. The average molecular weight is 294 g/mol. The third kappa shape index (κ3) is 3.06. The maximum Gasteiger partial charge on any atom is 0.107 e. The van der Waals surface area contributed by atoms with E-state index >= 15 is 0 Å². The van der Waals surface area contributed by atoms with Crippen molar-refractivity contribution in [3.63, 3.8) is 0 Å². The lowest BCUT2D eigenvalue weighted by atomic mass is 10.1. The molecule has 0 bridgehead atoms. The molecule has 1 aliphatic rings. The molecule has 0 amide bonds. The molecule has 1 atom stereocenters. The molecular weight excluding hydrogens is 272 g/mol. The lowest BCUT2D eigenvalue weighted by molar-refractivity contribution is 0.645. The first kappa shape index (κ1) is 14.7. The molecule has 104 valence electrons. The largest absolute Gasteiger partial charge is 0.389 e. The molecule has 0 saturated carbocycles. The first-order chi connectivity index (χ1) is 9.19. The van der Waals surface area contributed by atoms with Gasteiger partial charge in [-0.25, -0.2) is 0 Å². The number of nitrogens with two attached hydrogens (primary N) is 1. The van der Waals surface area contributed by atoms with E-state index in [-0.39, 0.29) is 0 Å². The third-order valence-corrected chi connectivity index (χ3v) is 4.85. The van der Waals surface area contributed by atoms with Gasteiger partial charge in [0.1, 0.15) is 4.99 Å². The number of anilines is 1. The van der Waals surface area contributed by atoms with Gasteiger partial charge >= 0.3 is 0 Å². The molecule has 1 aromatic carbocycles. The quantitative estimate of drug-likeness (QED) is 0.660. The summed E-state index contributed by atoms with van der Waals surface area (Å²) in [5, 5.41) is 0. The Balaban J connectivity index is 2.44. The summed E-state index contributed by atoms with van der Waals surface area (Å²) in [7, 11) is 0. The molecule has 1 aliphatic heterocycles. The molecule has 0 radical (unpaired) electrons. The van der Waals surface area contributed by atoms with Crippen molar-refractivity contribution < 1.29 is 0 Å². The van der Waals surface area contributed by atoms with E-state index in [9.17, 15) is 0 Å². The van der Waals surface area contributed by atoms with Crippen molar-refractivity contribution >= 4 is 34.7 Å². The predicted octanol–water partition coefficient (Wildman–Crippen LogP) is 3.81. The van der Waals surface area contributed by atoms with Gasteiger partial charge in [0, 0.05) is 28.7 Å². The highest BCUT2D eigenvalue weighted by Gasteiger charge is 2.26. The van der Waals surface area contributed by atoms with Gasteiger partial charge in [-0.1, -0.05) is 32.1 Å². The molecule has 0 aromatic heterocycles. The number of nitrogens with zero attached hydrogens (tertiary/aromatic N) is 1. The van der Waals surface area contributed by atoms with Gasteiger partial charge in [-0.3, -0.25) is 0 Å². The van der Waals surface area contributed by atoms with Gasteiger partial charge in [-0.2, -0.15) is 0 Å². The van der Waals surface area contributed by atoms with E-state index in [1.807, 2.05) is 11.8 Å². The Morgan fingerprint density at radius 3 is 2.89 bits per heavy atom. The number of hydrogen-bond donors (Lipinski definition) is 1. The van der Waals surface area contributed by atoms with Crippen LogP contribution in [0.5, 0.6) is 0 Å². The van der Waals surface area contributed by atoms with Gasteiger partial charge in [0.15, 0.2) is 0 Å². The Bertz CT molecular complexity index is 459. The summed E-state index contributed by atoms with van der Waals surface area (Å²) in [4.78, 5) is 4.23. The van der Waals surface area contributed by atoms with Crippen molar-refractivity contribution in [3.8, 4) is 0 Å². The molecule has 1 fully saturated rings. The monoisotopic (exact) mass is 294 g/mol. The summed E-state index contributed by atoms with van der Waals surface area (Å²) < 4.78 is 0. The normalized spacial score (nSPS) is 18.8. The van der Waals surface area contributed by atoms with Gasteiger partial charge in [0.25, 0.3) is 0 Å². The van der Waals surface area contributed by atoms with E-state index in [0.29, 0.717) is 11.0 Å². The fraction of sp³-hybridized carbons (Fsp3) is 0.533. The second kappa shape index (κ2) is 6.62. The van der Waals surface area contributed by atoms with E-state index in [0.717, 1.165) is 17.9 Å². The Kier molecular flexibility index (Phi) is 5.11. The summed E-state index contributed by atoms with van der Waals surface area (Å²) in [6, 6.07) is 7.06. The molecule has 1 unspecified atom stereocenters. The lowest BCUT2D eigenvalue weighted by Crippen LogP contribution is -2.31. The van der Waals surface area contributed by atoms with Crippen LogP contribution in [0.25, 0.3) is 0 Å². The van der Waals surface area contributed by atoms with Crippen molar-refractivity contribution in [2.45, 2.75) is 44.0 Å². The van der Waals surface area contributed by atoms with Crippen molar-refractivity contribution in [2.75, 3.05) is 17.2 Å². The Labute approximate surface area is 125 Å². The van der Waals surface area contributed by atoms with Crippen LogP contribution in [0.15, 0.2) is 23.1 Å². The van der Waals surface area contributed by atoms with Crippen LogP contribution >= 0.6 is 24.0 Å². The highest BCUT2D eigenvalue weighted by Crippen LogP contribution is 2.35. The first-order valence-electron chi connectivity index (χ1n) is 7.01. The highest BCUT2D eigenvalue weighted by atomic mass is 32.2. The van der Waals surface area contributed by atoms with Crippen LogP contribution in [-0.4, -0.2) is 23.3 Å². The van der Waals surface area contributed by atoms with E-state index < -0.39 is 0 Å². The molecular formula is C15H22N2S2. The van der Waals surface area contributed by atoms with Crippen LogP contribution in [0.4, 0.5) is 5.69 Å². The first-order valence-corrected chi connectivity index (χ1v) is 8.40. The highest BCUT2D eigenvalue weighted by molar-refractivity contribution is 7.99. The zero-order chi connectivity index (χ0) is 13.8. The van der Waals surface area contributed by atoms with E-state index in [1.54, 1.807) is 0 Å². The molecule has 2 N–H and O–H groups in total. The molecule has 0 aliphatic carbocycles.